The number of aromatic nitrogens is 2. The Hall–Kier alpha value is -1.38. The summed E-state index contributed by atoms with van der Waals surface area (Å²) in [5, 5.41) is 3.75. The fourth-order valence-corrected chi connectivity index (χ4v) is 3.33. The number of thioether (sulfide) groups is 1. The first kappa shape index (κ1) is 16.0. The molecule has 0 aliphatic rings. The van der Waals surface area contributed by atoms with Crippen LogP contribution in [0.1, 0.15) is 11.7 Å². The zero-order valence-electron chi connectivity index (χ0n) is 12.1. The van der Waals surface area contributed by atoms with Gasteiger partial charge >= 0.3 is 0 Å². The van der Waals surface area contributed by atoms with Gasteiger partial charge in [-0.3, -0.25) is 0 Å². The quantitative estimate of drug-likeness (QED) is 0.755. The first-order valence-corrected chi connectivity index (χ1v) is 8.99. The van der Waals surface area contributed by atoms with Gasteiger partial charge in [-0.1, -0.05) is 5.16 Å². The van der Waals surface area contributed by atoms with Crippen LogP contribution in [0.25, 0.3) is 0 Å². The average molecular weight is 327 g/mol. The van der Waals surface area contributed by atoms with Crippen LogP contribution in [0.5, 0.6) is 0 Å². The molecule has 114 valence electrons. The van der Waals surface area contributed by atoms with Crippen molar-refractivity contribution < 1.29 is 12.9 Å². The van der Waals surface area contributed by atoms with Crippen LogP contribution in [0.4, 0.5) is 0 Å². The van der Waals surface area contributed by atoms with E-state index in [4.69, 9.17) is 4.52 Å². The summed E-state index contributed by atoms with van der Waals surface area (Å²) in [7, 11) is -1.94. The van der Waals surface area contributed by atoms with Gasteiger partial charge in [-0.05, 0) is 30.5 Å². The fraction of sp³-hybridized carbons (Fsp3) is 0.385. The van der Waals surface area contributed by atoms with Crippen molar-refractivity contribution >= 4 is 21.8 Å². The molecule has 0 aliphatic heterocycles. The zero-order chi connectivity index (χ0) is 15.5. The van der Waals surface area contributed by atoms with Gasteiger partial charge < -0.3 is 4.52 Å². The Kier molecular flexibility index (Phi) is 5.02. The Morgan fingerprint density at radius 1 is 1.29 bits per heavy atom. The second kappa shape index (κ2) is 6.59. The molecule has 0 saturated carbocycles. The van der Waals surface area contributed by atoms with Crippen LogP contribution >= 0.6 is 11.8 Å². The van der Waals surface area contributed by atoms with Crippen LogP contribution in [0, 0.1) is 6.92 Å². The highest BCUT2D eigenvalue weighted by molar-refractivity contribution is 7.98. The molecule has 2 aromatic rings. The predicted molar refractivity (Wildman–Crippen MR) is 80.8 cm³/mol. The lowest BCUT2D eigenvalue weighted by atomic mass is 10.4. The summed E-state index contributed by atoms with van der Waals surface area (Å²) in [5.41, 5.74) is 0. The Balaban J connectivity index is 2.06. The van der Waals surface area contributed by atoms with Crippen molar-refractivity contribution in [1.82, 2.24) is 14.4 Å². The van der Waals surface area contributed by atoms with Crippen LogP contribution in [0.2, 0.25) is 0 Å². The van der Waals surface area contributed by atoms with E-state index in [-0.39, 0.29) is 4.90 Å². The van der Waals surface area contributed by atoms with Gasteiger partial charge in [0.1, 0.15) is 0 Å². The molecule has 1 heterocycles. The van der Waals surface area contributed by atoms with Crippen molar-refractivity contribution in [3.05, 3.63) is 36.0 Å². The third-order valence-corrected chi connectivity index (χ3v) is 5.60. The summed E-state index contributed by atoms with van der Waals surface area (Å²) in [6.45, 7) is 2.00. The Morgan fingerprint density at radius 2 is 1.95 bits per heavy atom. The monoisotopic (exact) mass is 327 g/mol. The van der Waals surface area contributed by atoms with Crippen LogP contribution < -0.4 is 0 Å². The maximum Gasteiger partial charge on any atom is 0.242 e. The van der Waals surface area contributed by atoms with Gasteiger partial charge in [0, 0.05) is 31.8 Å². The number of likely N-dealkylation sites (N-methyl/N-ethyl adjacent to an activating group) is 1. The van der Waals surface area contributed by atoms with E-state index in [1.165, 1.54) is 4.31 Å². The molecule has 0 bridgehead atoms. The van der Waals surface area contributed by atoms with Gasteiger partial charge in [0.2, 0.25) is 15.9 Å². The Bertz CT molecular complexity index is 696. The number of aryl methyl sites for hydroxylation is 1. The number of hydrogen-bond acceptors (Lipinski definition) is 6. The molecule has 0 N–H and O–H groups in total. The summed E-state index contributed by atoms with van der Waals surface area (Å²) in [6, 6.07) is 6.84. The summed E-state index contributed by atoms with van der Waals surface area (Å²) < 4.78 is 31.0. The zero-order valence-corrected chi connectivity index (χ0v) is 13.7. The second-order valence-corrected chi connectivity index (χ2v) is 7.41. The van der Waals surface area contributed by atoms with Gasteiger partial charge in [-0.15, -0.1) is 11.8 Å². The maximum absolute atomic E-state index is 12.4. The van der Waals surface area contributed by atoms with E-state index in [0.717, 1.165) is 4.90 Å². The second-order valence-electron chi connectivity index (χ2n) is 4.48. The molecule has 1 aromatic heterocycles. The first-order valence-electron chi connectivity index (χ1n) is 6.33. The van der Waals surface area contributed by atoms with Gasteiger partial charge in [0.15, 0.2) is 5.82 Å². The van der Waals surface area contributed by atoms with Gasteiger partial charge in [0.05, 0.1) is 4.90 Å². The molecule has 0 saturated heterocycles. The third-order valence-electron chi connectivity index (χ3n) is 2.99. The number of benzene rings is 1. The van der Waals surface area contributed by atoms with Crippen molar-refractivity contribution in [2.75, 3.05) is 19.8 Å². The van der Waals surface area contributed by atoms with Crippen LogP contribution in [0.3, 0.4) is 0 Å². The van der Waals surface area contributed by atoms with E-state index in [1.807, 2.05) is 6.26 Å². The predicted octanol–water partition coefficient (Wildman–Crippen LogP) is 1.96. The topological polar surface area (TPSA) is 76.3 Å². The third kappa shape index (κ3) is 3.84. The standard InChI is InChI=1S/C13H17N3O3S2/c1-10-14-13(15-19-10)8-9-16(2)21(17,18)12-6-4-11(20-3)5-7-12/h4-7H,8-9H2,1-3H3. The SMILES string of the molecule is CSc1ccc(S(=O)(=O)N(C)CCc2noc(C)n2)cc1. The highest BCUT2D eigenvalue weighted by Crippen LogP contribution is 2.19. The number of hydrogen-bond donors (Lipinski definition) is 0. The smallest absolute Gasteiger partial charge is 0.242 e. The van der Waals surface area contributed by atoms with E-state index < -0.39 is 10.0 Å². The summed E-state index contributed by atoms with van der Waals surface area (Å²) in [6.07, 6.45) is 2.36. The van der Waals surface area contributed by atoms with E-state index in [0.29, 0.717) is 24.7 Å². The molecule has 0 fully saturated rings. The molecule has 0 amide bonds. The minimum absolute atomic E-state index is 0.284. The Labute approximate surface area is 128 Å². The van der Waals surface area contributed by atoms with Gasteiger partial charge in [0.25, 0.3) is 0 Å². The van der Waals surface area contributed by atoms with E-state index >= 15 is 0 Å². The molecule has 0 radical (unpaired) electrons. The molecule has 21 heavy (non-hydrogen) atoms. The van der Waals surface area contributed by atoms with Crippen molar-refractivity contribution in [2.24, 2.45) is 0 Å². The lowest BCUT2D eigenvalue weighted by Crippen LogP contribution is -2.29. The molecule has 2 rings (SSSR count). The minimum atomic E-state index is -3.49. The van der Waals surface area contributed by atoms with Gasteiger partial charge in [-0.2, -0.15) is 4.98 Å². The van der Waals surface area contributed by atoms with Crippen molar-refractivity contribution in [1.29, 1.82) is 0 Å². The van der Waals surface area contributed by atoms with Crippen molar-refractivity contribution in [3.8, 4) is 0 Å². The summed E-state index contributed by atoms with van der Waals surface area (Å²) in [4.78, 5) is 5.37. The van der Waals surface area contributed by atoms with Crippen LogP contribution in [-0.2, 0) is 16.4 Å². The minimum Gasteiger partial charge on any atom is -0.340 e. The Morgan fingerprint density at radius 3 is 2.48 bits per heavy atom. The van der Waals surface area contributed by atoms with E-state index in [9.17, 15) is 8.42 Å². The lowest BCUT2D eigenvalue weighted by molar-refractivity contribution is 0.384. The molecular formula is C13H17N3O3S2. The first-order chi connectivity index (χ1) is 9.93. The molecular weight excluding hydrogens is 310 g/mol. The molecule has 6 nitrogen and oxygen atoms in total. The summed E-state index contributed by atoms with van der Waals surface area (Å²) >= 11 is 1.57. The molecule has 0 unspecified atom stereocenters. The molecule has 1 aromatic carbocycles. The molecule has 8 heteroatoms. The largest absolute Gasteiger partial charge is 0.340 e. The lowest BCUT2D eigenvalue weighted by Gasteiger charge is -2.16. The normalized spacial score (nSPS) is 12.0. The fourth-order valence-electron chi connectivity index (χ4n) is 1.75. The van der Waals surface area contributed by atoms with Crippen molar-refractivity contribution in [3.63, 3.8) is 0 Å². The molecule has 0 spiro atoms. The van der Waals surface area contributed by atoms with Crippen molar-refractivity contribution in [2.45, 2.75) is 23.1 Å². The highest BCUT2D eigenvalue weighted by Gasteiger charge is 2.21. The van der Waals surface area contributed by atoms with Gasteiger partial charge in [-0.25, -0.2) is 12.7 Å². The number of rotatable bonds is 6. The van der Waals surface area contributed by atoms with E-state index in [2.05, 4.69) is 10.1 Å². The number of sulfonamides is 1. The summed E-state index contributed by atoms with van der Waals surface area (Å²) in [5.74, 6) is 0.982. The van der Waals surface area contributed by atoms with E-state index in [1.54, 1.807) is 50.0 Å². The maximum atomic E-state index is 12.4. The van der Waals surface area contributed by atoms with Crippen LogP contribution in [-0.4, -0.2) is 42.7 Å². The molecule has 0 aliphatic carbocycles. The number of nitrogens with zero attached hydrogens (tertiary/aromatic N) is 3. The van der Waals surface area contributed by atoms with Crippen LogP contribution in [0.15, 0.2) is 38.6 Å². The molecule has 0 atom stereocenters. The average Bonchev–Trinajstić information content (AvgIpc) is 2.90. The highest BCUT2D eigenvalue weighted by atomic mass is 32.2.